The summed E-state index contributed by atoms with van der Waals surface area (Å²) in [4.78, 5) is 20.7. The van der Waals surface area contributed by atoms with E-state index in [4.69, 9.17) is 14.9 Å². The van der Waals surface area contributed by atoms with Gasteiger partial charge in [-0.05, 0) is 87.9 Å². The zero-order valence-corrected chi connectivity index (χ0v) is 22.7. The van der Waals surface area contributed by atoms with Crippen molar-refractivity contribution in [3.63, 3.8) is 0 Å². The molecule has 3 aliphatic carbocycles. The Labute approximate surface area is 239 Å². The SMILES string of the molecule is C1CCOC1.CC1CCC(C(=O)O)CC1.CC1CCC(C=O)CC1.CC1CCC(CO)CC1.[AlH3].[H-].[Li+]. The molecule has 0 spiro atoms. The molecule has 4 aliphatic rings. The molecule has 5 nitrogen and oxygen atoms in total. The monoisotopic (exact) mass is 506 g/mol. The van der Waals surface area contributed by atoms with Crippen LogP contribution in [0.15, 0.2) is 0 Å². The summed E-state index contributed by atoms with van der Waals surface area (Å²) in [5.74, 6) is 2.88. The molecule has 4 fully saturated rings. The molecule has 4 rings (SSSR count). The van der Waals surface area contributed by atoms with Gasteiger partial charge in [-0.15, -0.1) is 0 Å². The fraction of sp³-hybridized carbons (Fsp3) is 0.929. The van der Waals surface area contributed by atoms with Crippen LogP contribution in [0.2, 0.25) is 0 Å². The third kappa shape index (κ3) is 19.0. The van der Waals surface area contributed by atoms with Gasteiger partial charge in [0.05, 0.1) is 5.92 Å². The van der Waals surface area contributed by atoms with Crippen molar-refractivity contribution in [3.05, 3.63) is 0 Å². The second kappa shape index (κ2) is 23.3. The number of hydrogen-bond donors (Lipinski definition) is 2. The molecule has 0 aromatic heterocycles. The van der Waals surface area contributed by atoms with E-state index >= 15 is 0 Å². The largest absolute Gasteiger partial charge is 1.00 e. The minimum absolute atomic E-state index is 0. The van der Waals surface area contributed by atoms with Crippen LogP contribution >= 0.6 is 0 Å². The molecule has 0 amide bonds. The molecule has 0 atom stereocenters. The Morgan fingerprint density at radius 2 is 1.20 bits per heavy atom. The van der Waals surface area contributed by atoms with E-state index in [1.54, 1.807) is 0 Å². The number of aliphatic carboxylic acids is 1. The number of rotatable bonds is 3. The summed E-state index contributed by atoms with van der Waals surface area (Å²) >= 11 is 0. The standard InChI is InChI=1S/C8H14O2.C8H16O.C8H14O.C4H8O.Al.Li.4H/c1-6-2-4-7(5-3-6)8(9)10;2*1-7-2-4-8(6-9)5-3-7;1-2-4-5-3-1;;;;;;/h6-7H,2-5H2,1H3,(H,9,10);7-9H,2-6H2,1H3;6-8H,2-5H2,1H3;1-4H2;;;;;;/q;;;;;+1;;;;-1. The van der Waals surface area contributed by atoms with E-state index in [0.29, 0.717) is 18.4 Å². The number of aldehydes is 1. The van der Waals surface area contributed by atoms with Gasteiger partial charge in [0.2, 0.25) is 0 Å². The Bertz CT molecular complexity index is 493. The number of carboxylic acids is 1. The van der Waals surface area contributed by atoms with E-state index in [0.717, 1.165) is 75.8 Å². The van der Waals surface area contributed by atoms with Crippen molar-refractivity contribution in [2.75, 3.05) is 19.8 Å². The number of carboxylic acid groups (broad SMARTS) is 1. The normalized spacial score (nSPS) is 31.8. The van der Waals surface area contributed by atoms with Gasteiger partial charge in [0.1, 0.15) is 6.29 Å². The molecule has 1 heterocycles. The zero-order chi connectivity index (χ0) is 24.5. The molecule has 35 heavy (non-hydrogen) atoms. The van der Waals surface area contributed by atoms with Crippen LogP contribution in [0.5, 0.6) is 0 Å². The minimum atomic E-state index is -0.605. The summed E-state index contributed by atoms with van der Waals surface area (Å²) in [6.07, 6.45) is 17.5. The maximum Gasteiger partial charge on any atom is 1.00 e. The predicted molar refractivity (Wildman–Crippen MR) is 145 cm³/mol. The van der Waals surface area contributed by atoms with Crippen LogP contribution in [0.25, 0.3) is 0 Å². The molecular weight excluding hydrogens is 450 g/mol. The quantitative estimate of drug-likeness (QED) is 0.454. The van der Waals surface area contributed by atoms with E-state index in [9.17, 15) is 9.59 Å². The van der Waals surface area contributed by atoms with E-state index in [2.05, 4.69) is 20.8 Å². The average molecular weight is 507 g/mol. The molecular formula is C28H56AlLiO5. The summed E-state index contributed by atoms with van der Waals surface area (Å²) in [5, 5.41) is 17.4. The van der Waals surface area contributed by atoms with Crippen LogP contribution in [0.1, 0.15) is 112 Å². The Morgan fingerprint density at radius 3 is 1.51 bits per heavy atom. The fourth-order valence-electron chi connectivity index (χ4n) is 4.95. The fourth-order valence-corrected chi connectivity index (χ4v) is 4.95. The van der Waals surface area contributed by atoms with Crippen molar-refractivity contribution < 1.29 is 44.8 Å². The van der Waals surface area contributed by atoms with E-state index < -0.39 is 5.97 Å². The number of aliphatic hydroxyl groups is 1. The summed E-state index contributed by atoms with van der Waals surface area (Å²) < 4.78 is 4.94. The Balaban J connectivity index is -0.000000400. The van der Waals surface area contributed by atoms with Crippen LogP contribution in [-0.4, -0.2) is 59.7 Å². The number of carbonyl (C=O) groups excluding carboxylic acids is 1. The number of aliphatic hydroxyl groups excluding tert-OH is 1. The molecule has 7 heteroatoms. The number of carbonyl (C=O) groups is 2. The molecule has 0 aromatic rings. The van der Waals surface area contributed by atoms with Gasteiger partial charge in [-0.2, -0.15) is 0 Å². The van der Waals surface area contributed by atoms with Crippen molar-refractivity contribution in [2.45, 2.75) is 111 Å². The smallest absolute Gasteiger partial charge is 1.00 e. The van der Waals surface area contributed by atoms with Crippen LogP contribution in [0.3, 0.4) is 0 Å². The number of ether oxygens (including phenoxy) is 1. The van der Waals surface area contributed by atoms with Gasteiger partial charge in [-0.3, -0.25) is 4.79 Å². The molecule has 0 bridgehead atoms. The first kappa shape index (κ1) is 37.3. The average Bonchev–Trinajstić information content (AvgIpc) is 3.42. The predicted octanol–water partition coefficient (Wildman–Crippen LogP) is 2.44. The third-order valence-electron chi connectivity index (χ3n) is 7.84. The molecule has 1 saturated heterocycles. The van der Waals surface area contributed by atoms with Crippen molar-refractivity contribution in [3.8, 4) is 0 Å². The van der Waals surface area contributed by atoms with Gasteiger partial charge < -0.3 is 21.2 Å². The van der Waals surface area contributed by atoms with Crippen molar-refractivity contribution >= 4 is 29.6 Å². The second-order valence-electron chi connectivity index (χ2n) is 11.1. The molecule has 3 saturated carbocycles. The Hall–Kier alpha value is 0.190. The van der Waals surface area contributed by atoms with Crippen molar-refractivity contribution in [1.29, 1.82) is 0 Å². The summed E-state index contributed by atoms with van der Waals surface area (Å²) in [7, 11) is 0. The van der Waals surface area contributed by atoms with E-state index in [1.807, 2.05) is 0 Å². The first-order valence-corrected chi connectivity index (χ1v) is 13.7. The molecule has 0 aromatic carbocycles. The first-order chi connectivity index (χ1) is 15.8. The molecule has 2 N–H and O–H groups in total. The molecule has 202 valence electrons. The maximum atomic E-state index is 10.5. The van der Waals surface area contributed by atoms with Gasteiger partial charge in [0.15, 0.2) is 17.4 Å². The summed E-state index contributed by atoms with van der Waals surface area (Å²) in [6, 6.07) is 0. The van der Waals surface area contributed by atoms with Gasteiger partial charge in [0, 0.05) is 25.7 Å². The van der Waals surface area contributed by atoms with Gasteiger partial charge in [-0.25, -0.2) is 0 Å². The van der Waals surface area contributed by atoms with Crippen molar-refractivity contribution in [1.82, 2.24) is 0 Å². The zero-order valence-electron chi connectivity index (χ0n) is 23.7. The molecule has 1 aliphatic heterocycles. The maximum absolute atomic E-state index is 10.5. The summed E-state index contributed by atoms with van der Waals surface area (Å²) in [5.41, 5.74) is 0. The van der Waals surface area contributed by atoms with Gasteiger partial charge in [-0.1, -0.05) is 46.5 Å². The van der Waals surface area contributed by atoms with Crippen LogP contribution in [0, 0.1) is 35.5 Å². The van der Waals surface area contributed by atoms with Crippen LogP contribution in [0.4, 0.5) is 0 Å². The molecule has 0 unspecified atom stereocenters. The van der Waals surface area contributed by atoms with Crippen molar-refractivity contribution in [2.24, 2.45) is 35.5 Å². The Kier molecular flexibility index (Phi) is 24.9. The van der Waals surface area contributed by atoms with E-state index in [-0.39, 0.29) is 43.6 Å². The number of hydrogen-bond acceptors (Lipinski definition) is 4. The molecule has 0 radical (unpaired) electrons. The topological polar surface area (TPSA) is 83.8 Å². The van der Waals surface area contributed by atoms with E-state index in [1.165, 1.54) is 51.4 Å². The van der Waals surface area contributed by atoms with Crippen LogP contribution in [-0.2, 0) is 14.3 Å². The minimum Gasteiger partial charge on any atom is -1.00 e. The first-order valence-electron chi connectivity index (χ1n) is 13.7. The van der Waals surface area contributed by atoms with Gasteiger partial charge in [0.25, 0.3) is 0 Å². The Morgan fingerprint density at radius 1 is 0.800 bits per heavy atom. The second-order valence-corrected chi connectivity index (χ2v) is 11.1. The van der Waals surface area contributed by atoms with Gasteiger partial charge >= 0.3 is 24.8 Å². The van der Waals surface area contributed by atoms with Crippen LogP contribution < -0.4 is 18.9 Å². The summed E-state index contributed by atoms with van der Waals surface area (Å²) in [6.45, 7) is 9.17. The third-order valence-corrected chi connectivity index (χ3v) is 7.84.